The van der Waals surface area contributed by atoms with Crippen molar-refractivity contribution in [2.45, 2.75) is 91.0 Å². The van der Waals surface area contributed by atoms with Gasteiger partial charge in [-0.1, -0.05) is 6.92 Å². The highest BCUT2D eigenvalue weighted by atomic mass is 16.6. The summed E-state index contributed by atoms with van der Waals surface area (Å²) >= 11 is 0. The lowest BCUT2D eigenvalue weighted by molar-refractivity contribution is 0.0490. The van der Waals surface area contributed by atoms with E-state index in [1.54, 1.807) is 6.33 Å². The molecule has 1 aliphatic rings. The van der Waals surface area contributed by atoms with E-state index < -0.39 is 5.60 Å². The van der Waals surface area contributed by atoms with Gasteiger partial charge in [0.25, 0.3) is 0 Å². The van der Waals surface area contributed by atoms with Crippen molar-refractivity contribution in [1.82, 2.24) is 30.7 Å². The molecular weight excluding hydrogens is 370 g/mol. The van der Waals surface area contributed by atoms with Crippen molar-refractivity contribution in [2.75, 3.05) is 13.1 Å². The van der Waals surface area contributed by atoms with Crippen LogP contribution in [0.3, 0.4) is 0 Å². The molecule has 0 bridgehead atoms. The van der Waals surface area contributed by atoms with E-state index in [1.165, 1.54) is 0 Å². The Morgan fingerprint density at radius 1 is 1.21 bits per heavy atom. The van der Waals surface area contributed by atoms with Crippen LogP contribution in [0.2, 0.25) is 0 Å². The first-order valence-electron chi connectivity index (χ1n) is 10.7. The lowest BCUT2D eigenvalue weighted by Crippen LogP contribution is -2.48. The summed E-state index contributed by atoms with van der Waals surface area (Å²) in [4.78, 5) is 16.6. The number of alkyl carbamates (subject to hydrolysis) is 1. The fraction of sp³-hybridized carbons (Fsp3) is 0.800. The topological polar surface area (TPSA) is 105 Å². The van der Waals surface area contributed by atoms with Crippen LogP contribution in [-0.2, 0) is 17.7 Å². The zero-order valence-corrected chi connectivity index (χ0v) is 18.5. The van der Waals surface area contributed by atoms with Crippen molar-refractivity contribution in [1.29, 1.82) is 0 Å². The first kappa shape index (κ1) is 23.0. The van der Waals surface area contributed by atoms with E-state index in [1.807, 2.05) is 25.3 Å². The summed E-state index contributed by atoms with van der Waals surface area (Å²) in [5, 5.41) is 17.9. The van der Waals surface area contributed by atoms with E-state index in [-0.39, 0.29) is 12.1 Å². The lowest BCUT2D eigenvalue weighted by atomic mass is 9.91. The van der Waals surface area contributed by atoms with Gasteiger partial charge in [0.15, 0.2) is 5.96 Å². The molecule has 1 fully saturated rings. The highest BCUT2D eigenvalue weighted by molar-refractivity contribution is 5.80. The number of aromatic nitrogens is 3. The molecule has 0 aromatic carbocycles. The first-order valence-corrected chi connectivity index (χ1v) is 10.7. The number of carbonyl (C=O) groups excluding carboxylic acids is 1. The molecule has 1 aromatic heterocycles. The third kappa shape index (κ3) is 8.29. The summed E-state index contributed by atoms with van der Waals surface area (Å²) < 4.78 is 7.39. The lowest BCUT2D eigenvalue weighted by Gasteiger charge is -2.31. The molecule has 1 amide bonds. The van der Waals surface area contributed by atoms with Crippen molar-refractivity contribution in [3.05, 3.63) is 12.2 Å². The largest absolute Gasteiger partial charge is 0.444 e. The summed E-state index contributed by atoms with van der Waals surface area (Å²) in [6, 6.07) is 0.522. The Balaban J connectivity index is 1.77. The van der Waals surface area contributed by atoms with Gasteiger partial charge in [0.2, 0.25) is 0 Å². The van der Waals surface area contributed by atoms with Crippen LogP contribution in [-0.4, -0.2) is 57.6 Å². The first-order chi connectivity index (χ1) is 13.8. The summed E-state index contributed by atoms with van der Waals surface area (Å²) in [6.07, 6.45) is 6.11. The second kappa shape index (κ2) is 11.0. The van der Waals surface area contributed by atoms with Crippen molar-refractivity contribution >= 4 is 12.1 Å². The van der Waals surface area contributed by atoms with E-state index >= 15 is 0 Å². The van der Waals surface area contributed by atoms with E-state index in [0.717, 1.165) is 57.0 Å². The molecule has 29 heavy (non-hydrogen) atoms. The average Bonchev–Trinajstić information content (AvgIpc) is 3.09. The average molecular weight is 408 g/mol. The number of hydrogen-bond acceptors (Lipinski definition) is 5. The van der Waals surface area contributed by atoms with Crippen molar-refractivity contribution < 1.29 is 9.53 Å². The van der Waals surface area contributed by atoms with Crippen LogP contribution in [0.15, 0.2) is 11.3 Å². The molecule has 1 saturated carbocycles. The third-order valence-corrected chi connectivity index (χ3v) is 4.76. The fourth-order valence-corrected chi connectivity index (χ4v) is 3.38. The Bertz CT molecular complexity index is 658. The monoisotopic (exact) mass is 407 g/mol. The van der Waals surface area contributed by atoms with Gasteiger partial charge in [0, 0.05) is 31.6 Å². The fourth-order valence-electron chi connectivity index (χ4n) is 3.38. The van der Waals surface area contributed by atoms with Gasteiger partial charge in [0.05, 0.1) is 6.54 Å². The van der Waals surface area contributed by atoms with Gasteiger partial charge in [-0.05, 0) is 53.4 Å². The Hall–Kier alpha value is -2.32. The highest BCUT2D eigenvalue weighted by Gasteiger charge is 2.25. The molecule has 9 heteroatoms. The van der Waals surface area contributed by atoms with E-state index in [4.69, 9.17) is 9.73 Å². The van der Waals surface area contributed by atoms with Gasteiger partial charge in [-0.2, -0.15) is 0 Å². The number of aliphatic imine (C=N–C) groups is 1. The van der Waals surface area contributed by atoms with Crippen LogP contribution < -0.4 is 16.0 Å². The Morgan fingerprint density at radius 2 is 1.86 bits per heavy atom. The molecule has 9 nitrogen and oxygen atoms in total. The van der Waals surface area contributed by atoms with Gasteiger partial charge in [-0.3, -0.25) is 4.99 Å². The maximum absolute atomic E-state index is 11.9. The molecule has 2 rings (SSSR count). The number of aryl methyl sites for hydroxylation is 1. The molecule has 1 aromatic rings. The molecule has 0 aliphatic heterocycles. The molecule has 0 unspecified atom stereocenters. The minimum atomic E-state index is -0.468. The van der Waals surface area contributed by atoms with Gasteiger partial charge < -0.3 is 25.3 Å². The maximum atomic E-state index is 11.9. The number of amides is 1. The van der Waals surface area contributed by atoms with Crippen LogP contribution in [0, 0.1) is 0 Å². The molecular formula is C20H37N7O2. The Kier molecular flexibility index (Phi) is 8.72. The number of carbonyl (C=O) groups is 1. The number of nitrogens with one attached hydrogen (secondary N) is 3. The summed E-state index contributed by atoms with van der Waals surface area (Å²) in [5.74, 6) is 1.82. The van der Waals surface area contributed by atoms with Crippen molar-refractivity contribution in [3.8, 4) is 0 Å². The Labute approximate surface area is 174 Å². The smallest absolute Gasteiger partial charge is 0.407 e. The summed E-state index contributed by atoms with van der Waals surface area (Å²) in [5.41, 5.74) is -0.468. The molecule has 1 aliphatic carbocycles. The molecule has 0 atom stereocenters. The third-order valence-electron chi connectivity index (χ3n) is 4.76. The maximum Gasteiger partial charge on any atom is 0.407 e. The van der Waals surface area contributed by atoms with Crippen LogP contribution in [0.4, 0.5) is 4.79 Å². The second-order valence-corrected chi connectivity index (χ2v) is 8.39. The number of nitrogens with zero attached hydrogens (tertiary/aromatic N) is 4. The molecule has 3 N–H and O–H groups in total. The second-order valence-electron chi connectivity index (χ2n) is 8.39. The molecule has 0 radical (unpaired) electrons. The van der Waals surface area contributed by atoms with Crippen molar-refractivity contribution in [3.63, 3.8) is 0 Å². The zero-order chi connectivity index (χ0) is 21.3. The summed E-state index contributed by atoms with van der Waals surface area (Å²) in [6.45, 7) is 12.0. The van der Waals surface area contributed by atoms with Crippen molar-refractivity contribution in [2.24, 2.45) is 4.99 Å². The van der Waals surface area contributed by atoms with Gasteiger partial charge in [0.1, 0.15) is 17.8 Å². The standard InChI is InChI=1S/C20H37N7O2/c1-6-17-26-23-14-27(17)13-12-22-18(21-7-2)24-15-8-10-16(11-9-15)25-19(28)29-20(3,4)5/h14-16H,6-13H2,1-5H3,(H,25,28)(H2,21,22,24). The van der Waals surface area contributed by atoms with Crippen LogP contribution in [0.5, 0.6) is 0 Å². The zero-order valence-electron chi connectivity index (χ0n) is 18.5. The molecule has 164 valence electrons. The van der Waals surface area contributed by atoms with Gasteiger partial charge in [-0.15, -0.1) is 10.2 Å². The normalized spacial score (nSPS) is 20.2. The minimum absolute atomic E-state index is 0.170. The van der Waals surface area contributed by atoms with Crippen LogP contribution in [0.25, 0.3) is 0 Å². The summed E-state index contributed by atoms with van der Waals surface area (Å²) in [7, 11) is 0. The van der Waals surface area contributed by atoms with Crippen LogP contribution in [0.1, 0.15) is 66.1 Å². The molecule has 1 heterocycles. The highest BCUT2D eigenvalue weighted by Crippen LogP contribution is 2.19. The Morgan fingerprint density at radius 3 is 2.45 bits per heavy atom. The quantitative estimate of drug-likeness (QED) is 0.473. The SMILES string of the molecule is CCNC(=NCCn1cnnc1CC)NC1CCC(NC(=O)OC(C)(C)C)CC1. The van der Waals surface area contributed by atoms with E-state index in [9.17, 15) is 4.79 Å². The number of rotatable bonds is 7. The number of hydrogen-bond donors (Lipinski definition) is 3. The molecule has 0 saturated heterocycles. The van der Waals surface area contributed by atoms with Gasteiger partial charge >= 0.3 is 6.09 Å². The predicted octanol–water partition coefficient (Wildman–Crippen LogP) is 2.23. The predicted molar refractivity (Wildman–Crippen MR) is 114 cm³/mol. The van der Waals surface area contributed by atoms with Crippen LogP contribution >= 0.6 is 0 Å². The number of guanidine groups is 1. The minimum Gasteiger partial charge on any atom is -0.444 e. The van der Waals surface area contributed by atoms with E-state index in [2.05, 4.69) is 40.0 Å². The van der Waals surface area contributed by atoms with E-state index in [0.29, 0.717) is 12.6 Å². The number of ether oxygens (including phenoxy) is 1. The molecule has 0 spiro atoms. The van der Waals surface area contributed by atoms with Gasteiger partial charge in [-0.25, -0.2) is 4.79 Å².